The molecule has 1 aromatic carbocycles. The Balaban J connectivity index is 1.56. The van der Waals surface area contributed by atoms with Gasteiger partial charge in [-0.25, -0.2) is 0 Å². The fourth-order valence-electron chi connectivity index (χ4n) is 1.79. The van der Waals surface area contributed by atoms with E-state index in [9.17, 15) is 4.79 Å². The number of carbonyl (C=O) groups is 1. The van der Waals surface area contributed by atoms with E-state index in [0.29, 0.717) is 13.2 Å². The summed E-state index contributed by atoms with van der Waals surface area (Å²) in [4.78, 5) is 11.7. The molecule has 0 atom stereocenters. The molecule has 20 heavy (non-hydrogen) atoms. The smallest absolute Gasteiger partial charge is 0.238 e. The largest absolute Gasteiger partial charge is 0.497 e. The third-order valence-electron chi connectivity index (χ3n) is 3.11. The zero-order valence-electron chi connectivity index (χ0n) is 11.9. The van der Waals surface area contributed by atoms with Crippen LogP contribution in [0.15, 0.2) is 24.3 Å². The molecule has 1 fully saturated rings. The van der Waals surface area contributed by atoms with Crippen LogP contribution in [-0.2, 0) is 9.53 Å². The summed E-state index contributed by atoms with van der Waals surface area (Å²) in [6.45, 7) is 2.49. The second-order valence-corrected chi connectivity index (χ2v) is 4.98. The van der Waals surface area contributed by atoms with Crippen molar-refractivity contribution in [1.82, 2.24) is 5.32 Å². The molecule has 5 nitrogen and oxygen atoms in total. The first-order valence-electron chi connectivity index (χ1n) is 7.00. The minimum Gasteiger partial charge on any atom is -0.497 e. The van der Waals surface area contributed by atoms with Gasteiger partial charge in [0, 0.05) is 24.9 Å². The zero-order valence-corrected chi connectivity index (χ0v) is 11.9. The monoisotopic (exact) mass is 278 g/mol. The van der Waals surface area contributed by atoms with E-state index in [-0.39, 0.29) is 12.5 Å². The average Bonchev–Trinajstić information content (AvgIpc) is 3.27. The Bertz CT molecular complexity index is 433. The topological polar surface area (TPSA) is 59.6 Å². The predicted octanol–water partition coefficient (Wildman–Crippen LogP) is 1.65. The summed E-state index contributed by atoms with van der Waals surface area (Å²) >= 11 is 0. The number of methoxy groups -OCH3 is 1. The van der Waals surface area contributed by atoms with Crippen LogP contribution in [0.5, 0.6) is 5.75 Å². The highest BCUT2D eigenvalue weighted by molar-refractivity contribution is 5.92. The number of anilines is 1. The van der Waals surface area contributed by atoms with Crippen molar-refractivity contribution >= 4 is 11.6 Å². The predicted molar refractivity (Wildman–Crippen MR) is 78.0 cm³/mol. The van der Waals surface area contributed by atoms with Crippen LogP contribution in [-0.4, -0.2) is 39.3 Å². The SMILES string of the molecule is COc1cccc(NC(=O)CNCCOCC2CC2)c1. The third-order valence-corrected chi connectivity index (χ3v) is 3.11. The fraction of sp³-hybridized carbons (Fsp3) is 0.533. The summed E-state index contributed by atoms with van der Waals surface area (Å²) < 4.78 is 10.6. The van der Waals surface area contributed by atoms with Crippen molar-refractivity contribution in [2.24, 2.45) is 5.92 Å². The molecule has 0 aromatic heterocycles. The Hall–Kier alpha value is -1.59. The first-order valence-corrected chi connectivity index (χ1v) is 7.00. The molecule has 1 saturated carbocycles. The van der Waals surface area contributed by atoms with Crippen molar-refractivity contribution in [3.8, 4) is 5.75 Å². The van der Waals surface area contributed by atoms with E-state index in [4.69, 9.17) is 9.47 Å². The Morgan fingerprint density at radius 2 is 2.25 bits per heavy atom. The summed E-state index contributed by atoms with van der Waals surface area (Å²) in [5, 5.41) is 5.87. The van der Waals surface area contributed by atoms with Gasteiger partial charge in [0.2, 0.25) is 5.91 Å². The van der Waals surface area contributed by atoms with Crippen molar-refractivity contribution in [3.63, 3.8) is 0 Å². The molecule has 0 spiro atoms. The molecular weight excluding hydrogens is 256 g/mol. The maximum Gasteiger partial charge on any atom is 0.238 e. The van der Waals surface area contributed by atoms with Gasteiger partial charge in [-0.15, -0.1) is 0 Å². The Labute approximate surface area is 119 Å². The molecular formula is C15H22N2O3. The van der Waals surface area contributed by atoms with Crippen molar-refractivity contribution in [1.29, 1.82) is 0 Å². The van der Waals surface area contributed by atoms with Gasteiger partial charge in [0.05, 0.1) is 20.3 Å². The van der Waals surface area contributed by atoms with E-state index >= 15 is 0 Å². The average molecular weight is 278 g/mol. The molecule has 1 aliphatic carbocycles. The van der Waals surface area contributed by atoms with Gasteiger partial charge in [0.15, 0.2) is 0 Å². The van der Waals surface area contributed by atoms with Gasteiger partial charge in [0.1, 0.15) is 5.75 Å². The second kappa shape index (κ2) is 7.87. The highest BCUT2D eigenvalue weighted by Gasteiger charge is 2.20. The number of hydrogen-bond donors (Lipinski definition) is 2. The lowest BCUT2D eigenvalue weighted by atomic mass is 10.3. The van der Waals surface area contributed by atoms with Crippen molar-refractivity contribution in [3.05, 3.63) is 24.3 Å². The molecule has 110 valence electrons. The van der Waals surface area contributed by atoms with Crippen LogP contribution >= 0.6 is 0 Å². The maximum absolute atomic E-state index is 11.7. The van der Waals surface area contributed by atoms with E-state index in [1.54, 1.807) is 13.2 Å². The highest BCUT2D eigenvalue weighted by Crippen LogP contribution is 2.28. The highest BCUT2D eigenvalue weighted by atomic mass is 16.5. The molecule has 1 amide bonds. The summed E-state index contributed by atoms with van der Waals surface area (Å²) in [6.07, 6.45) is 2.60. The minimum absolute atomic E-state index is 0.0690. The Morgan fingerprint density at radius 3 is 3.00 bits per heavy atom. The summed E-state index contributed by atoms with van der Waals surface area (Å²) in [5.74, 6) is 1.44. The molecule has 2 N–H and O–H groups in total. The number of carbonyl (C=O) groups excluding carboxylic acids is 1. The molecule has 1 aromatic rings. The number of benzene rings is 1. The maximum atomic E-state index is 11.7. The number of rotatable bonds is 9. The molecule has 0 bridgehead atoms. The van der Waals surface area contributed by atoms with Crippen LogP contribution in [0.4, 0.5) is 5.69 Å². The van der Waals surface area contributed by atoms with Crippen molar-refractivity contribution in [2.75, 3.05) is 38.7 Å². The van der Waals surface area contributed by atoms with Gasteiger partial charge in [-0.1, -0.05) is 6.07 Å². The van der Waals surface area contributed by atoms with Crippen LogP contribution < -0.4 is 15.4 Å². The fourth-order valence-corrected chi connectivity index (χ4v) is 1.79. The van der Waals surface area contributed by atoms with Gasteiger partial charge in [0.25, 0.3) is 0 Å². The van der Waals surface area contributed by atoms with Crippen LogP contribution in [0.1, 0.15) is 12.8 Å². The first-order chi connectivity index (χ1) is 9.78. The number of amides is 1. The van der Waals surface area contributed by atoms with E-state index in [0.717, 1.165) is 24.0 Å². The lowest BCUT2D eigenvalue weighted by molar-refractivity contribution is -0.115. The van der Waals surface area contributed by atoms with Gasteiger partial charge in [-0.05, 0) is 30.9 Å². The first kappa shape index (κ1) is 14.8. The number of ether oxygens (including phenoxy) is 2. The van der Waals surface area contributed by atoms with Gasteiger partial charge >= 0.3 is 0 Å². The lowest BCUT2D eigenvalue weighted by Crippen LogP contribution is -2.30. The van der Waals surface area contributed by atoms with Crippen LogP contribution in [0.3, 0.4) is 0 Å². The third kappa shape index (κ3) is 5.59. The standard InChI is InChI=1S/C15H22N2O3/c1-19-14-4-2-3-13(9-14)17-15(18)10-16-7-8-20-11-12-5-6-12/h2-4,9,12,16H,5-8,10-11H2,1H3,(H,17,18). The summed E-state index contributed by atoms with van der Waals surface area (Å²) in [7, 11) is 1.60. The molecule has 2 rings (SSSR count). The molecule has 0 radical (unpaired) electrons. The van der Waals surface area contributed by atoms with E-state index in [1.807, 2.05) is 18.2 Å². The van der Waals surface area contributed by atoms with Crippen molar-refractivity contribution < 1.29 is 14.3 Å². The Morgan fingerprint density at radius 1 is 1.40 bits per heavy atom. The molecule has 0 aliphatic heterocycles. The van der Waals surface area contributed by atoms with E-state index in [1.165, 1.54) is 12.8 Å². The molecule has 1 aliphatic rings. The van der Waals surface area contributed by atoms with Gasteiger partial charge in [-0.2, -0.15) is 0 Å². The van der Waals surface area contributed by atoms with Gasteiger partial charge in [-0.3, -0.25) is 4.79 Å². The van der Waals surface area contributed by atoms with Crippen molar-refractivity contribution in [2.45, 2.75) is 12.8 Å². The quantitative estimate of drug-likeness (QED) is 0.674. The molecule has 0 heterocycles. The molecule has 0 unspecified atom stereocenters. The molecule has 5 heteroatoms. The summed E-state index contributed by atoms with van der Waals surface area (Å²) in [6, 6.07) is 7.30. The minimum atomic E-state index is -0.0690. The number of hydrogen-bond acceptors (Lipinski definition) is 4. The van der Waals surface area contributed by atoms with Gasteiger partial charge < -0.3 is 20.1 Å². The normalized spacial score (nSPS) is 14.1. The lowest BCUT2D eigenvalue weighted by Gasteiger charge is -2.08. The van der Waals surface area contributed by atoms with E-state index in [2.05, 4.69) is 10.6 Å². The van der Waals surface area contributed by atoms with Crippen LogP contribution in [0.25, 0.3) is 0 Å². The summed E-state index contributed by atoms with van der Waals surface area (Å²) in [5.41, 5.74) is 0.737. The second-order valence-electron chi connectivity index (χ2n) is 4.98. The van der Waals surface area contributed by atoms with Crippen LogP contribution in [0, 0.1) is 5.92 Å². The zero-order chi connectivity index (χ0) is 14.2. The number of nitrogens with one attached hydrogen (secondary N) is 2. The van der Waals surface area contributed by atoms with Crippen LogP contribution in [0.2, 0.25) is 0 Å². The van der Waals surface area contributed by atoms with E-state index < -0.39 is 0 Å². The Kier molecular flexibility index (Phi) is 5.83. The molecule has 0 saturated heterocycles.